The summed E-state index contributed by atoms with van der Waals surface area (Å²) in [6.45, 7) is 0.497. The summed E-state index contributed by atoms with van der Waals surface area (Å²) in [5.41, 5.74) is 0. The fourth-order valence-corrected chi connectivity index (χ4v) is 0.823. The summed E-state index contributed by atoms with van der Waals surface area (Å²) in [7, 11) is 0. The van der Waals surface area contributed by atoms with Gasteiger partial charge < -0.3 is 30.6 Å². The van der Waals surface area contributed by atoms with Gasteiger partial charge in [0.2, 0.25) is 0 Å². The Morgan fingerprint density at radius 3 is 1.62 bits per heavy atom. The van der Waals surface area contributed by atoms with Gasteiger partial charge in [0.1, 0.15) is 24.4 Å². The highest BCUT2D eigenvalue weighted by Gasteiger charge is 2.32. The van der Waals surface area contributed by atoms with Crippen LogP contribution in [0, 0.1) is 0 Å². The van der Waals surface area contributed by atoms with Crippen LogP contribution in [0.15, 0.2) is 0 Å². The van der Waals surface area contributed by atoms with Crippen molar-refractivity contribution < 1.29 is 30.6 Å². The lowest BCUT2D eigenvalue weighted by atomic mass is 10.0. The van der Waals surface area contributed by atoms with Crippen molar-refractivity contribution in [3.8, 4) is 0 Å². The van der Waals surface area contributed by atoms with Gasteiger partial charge in [0.05, 0.1) is 12.7 Å². The summed E-state index contributed by atoms with van der Waals surface area (Å²) in [4.78, 5) is 0. The molecule has 0 saturated carbocycles. The molecule has 0 amide bonds. The summed E-state index contributed by atoms with van der Waals surface area (Å²) in [5, 5.41) is 53.4. The zero-order valence-corrected chi connectivity index (χ0v) is 7.28. The molecular formula is C7H16O6. The maximum atomic E-state index is 9.13. The summed E-state index contributed by atoms with van der Waals surface area (Å²) < 4.78 is 0. The van der Waals surface area contributed by atoms with Crippen LogP contribution in [0.1, 0.15) is 6.92 Å². The number of rotatable bonds is 5. The van der Waals surface area contributed by atoms with Crippen molar-refractivity contribution in [1.29, 1.82) is 0 Å². The van der Waals surface area contributed by atoms with E-state index >= 15 is 0 Å². The normalized spacial score (nSPS) is 23.3. The zero-order chi connectivity index (χ0) is 10.6. The third kappa shape index (κ3) is 3.55. The minimum absolute atomic E-state index is 0.731. The molecule has 0 aliphatic carbocycles. The standard InChI is InChI=1S/C7H16O6/c1-3(9)5(11)7(13)6(12)4(10)2-8/h3-13H,2H2,1H3/t3?,4-,5+,6+,7-/m1/s1. The van der Waals surface area contributed by atoms with Gasteiger partial charge in [0, 0.05) is 0 Å². The van der Waals surface area contributed by atoms with Crippen molar-refractivity contribution in [1.82, 2.24) is 0 Å². The molecule has 80 valence electrons. The molecule has 0 aromatic carbocycles. The number of hydrogen-bond donors (Lipinski definition) is 6. The van der Waals surface area contributed by atoms with Gasteiger partial charge >= 0.3 is 0 Å². The molecule has 0 aromatic heterocycles. The van der Waals surface area contributed by atoms with E-state index in [0.717, 1.165) is 0 Å². The molecule has 0 aliphatic rings. The molecule has 0 aliphatic heterocycles. The largest absolute Gasteiger partial charge is 0.394 e. The molecule has 0 rings (SSSR count). The Morgan fingerprint density at radius 1 is 0.846 bits per heavy atom. The Labute approximate surface area is 75.7 Å². The van der Waals surface area contributed by atoms with Crippen molar-refractivity contribution in [2.24, 2.45) is 0 Å². The van der Waals surface area contributed by atoms with Crippen LogP contribution in [0.2, 0.25) is 0 Å². The van der Waals surface area contributed by atoms with Crippen LogP contribution in [0.5, 0.6) is 0 Å². The van der Waals surface area contributed by atoms with E-state index in [2.05, 4.69) is 0 Å². The van der Waals surface area contributed by atoms with Crippen LogP contribution in [-0.2, 0) is 0 Å². The Balaban J connectivity index is 4.15. The first-order valence-corrected chi connectivity index (χ1v) is 3.93. The van der Waals surface area contributed by atoms with E-state index in [4.69, 9.17) is 30.6 Å². The summed E-state index contributed by atoms with van der Waals surface area (Å²) in [6, 6.07) is 0. The molecule has 5 atom stereocenters. The summed E-state index contributed by atoms with van der Waals surface area (Å²) in [6.07, 6.45) is -7.70. The first-order chi connectivity index (χ1) is 5.91. The molecule has 6 heteroatoms. The van der Waals surface area contributed by atoms with Crippen LogP contribution in [0.25, 0.3) is 0 Å². The van der Waals surface area contributed by atoms with Gasteiger partial charge in [0.25, 0.3) is 0 Å². The van der Waals surface area contributed by atoms with E-state index in [1.807, 2.05) is 0 Å². The van der Waals surface area contributed by atoms with Gasteiger partial charge in [0.15, 0.2) is 0 Å². The van der Waals surface area contributed by atoms with Crippen molar-refractivity contribution >= 4 is 0 Å². The predicted molar refractivity (Wildman–Crippen MR) is 42.8 cm³/mol. The topological polar surface area (TPSA) is 121 Å². The minimum Gasteiger partial charge on any atom is -0.394 e. The molecule has 0 radical (unpaired) electrons. The molecule has 0 heterocycles. The highest BCUT2D eigenvalue weighted by molar-refractivity contribution is 4.82. The molecule has 6 nitrogen and oxygen atoms in total. The average Bonchev–Trinajstić information content (AvgIpc) is 2.12. The number of hydrogen-bond acceptors (Lipinski definition) is 6. The highest BCUT2D eigenvalue weighted by atomic mass is 16.4. The van der Waals surface area contributed by atoms with Gasteiger partial charge in [-0.1, -0.05) is 0 Å². The predicted octanol–water partition coefficient (Wildman–Crippen LogP) is -3.20. The zero-order valence-electron chi connectivity index (χ0n) is 7.28. The Kier molecular flexibility index (Phi) is 5.38. The Morgan fingerprint density at radius 2 is 1.31 bits per heavy atom. The lowest BCUT2D eigenvalue weighted by Gasteiger charge is -2.26. The van der Waals surface area contributed by atoms with E-state index < -0.39 is 37.1 Å². The molecule has 0 saturated heterocycles. The Bertz CT molecular complexity index is 139. The van der Waals surface area contributed by atoms with E-state index in [-0.39, 0.29) is 0 Å². The van der Waals surface area contributed by atoms with E-state index in [9.17, 15) is 0 Å². The third-order valence-corrected chi connectivity index (χ3v) is 1.78. The van der Waals surface area contributed by atoms with Gasteiger partial charge in [-0.15, -0.1) is 0 Å². The van der Waals surface area contributed by atoms with Crippen molar-refractivity contribution in [2.75, 3.05) is 6.61 Å². The van der Waals surface area contributed by atoms with E-state index in [1.165, 1.54) is 6.92 Å². The van der Waals surface area contributed by atoms with Gasteiger partial charge in [-0.25, -0.2) is 0 Å². The lowest BCUT2D eigenvalue weighted by molar-refractivity contribution is -0.137. The van der Waals surface area contributed by atoms with Crippen LogP contribution < -0.4 is 0 Å². The average molecular weight is 196 g/mol. The van der Waals surface area contributed by atoms with Crippen LogP contribution in [0.3, 0.4) is 0 Å². The maximum Gasteiger partial charge on any atom is 0.111 e. The van der Waals surface area contributed by atoms with Crippen LogP contribution in [0.4, 0.5) is 0 Å². The molecule has 1 unspecified atom stereocenters. The first-order valence-electron chi connectivity index (χ1n) is 3.93. The molecule has 13 heavy (non-hydrogen) atoms. The van der Waals surface area contributed by atoms with Crippen molar-refractivity contribution in [2.45, 2.75) is 37.4 Å². The number of aliphatic hydroxyl groups is 6. The molecule has 0 aromatic rings. The highest BCUT2D eigenvalue weighted by Crippen LogP contribution is 2.07. The molecule has 0 fully saturated rings. The fraction of sp³-hybridized carbons (Fsp3) is 1.00. The first kappa shape index (κ1) is 12.8. The van der Waals surface area contributed by atoms with Gasteiger partial charge in [-0.3, -0.25) is 0 Å². The van der Waals surface area contributed by atoms with Gasteiger partial charge in [-0.05, 0) is 6.92 Å². The lowest BCUT2D eigenvalue weighted by Crippen LogP contribution is -2.49. The second kappa shape index (κ2) is 5.48. The smallest absolute Gasteiger partial charge is 0.111 e. The van der Waals surface area contributed by atoms with Crippen LogP contribution >= 0.6 is 0 Å². The van der Waals surface area contributed by atoms with Gasteiger partial charge in [-0.2, -0.15) is 0 Å². The second-order valence-corrected chi connectivity index (χ2v) is 2.96. The summed E-state index contributed by atoms with van der Waals surface area (Å²) in [5.74, 6) is 0. The monoisotopic (exact) mass is 196 g/mol. The number of aliphatic hydroxyl groups excluding tert-OH is 6. The second-order valence-electron chi connectivity index (χ2n) is 2.96. The molecule has 6 N–H and O–H groups in total. The molecular weight excluding hydrogens is 180 g/mol. The van der Waals surface area contributed by atoms with Crippen molar-refractivity contribution in [3.05, 3.63) is 0 Å². The van der Waals surface area contributed by atoms with E-state index in [0.29, 0.717) is 0 Å². The minimum atomic E-state index is -1.69. The Hall–Kier alpha value is -0.240. The quantitative estimate of drug-likeness (QED) is 0.275. The summed E-state index contributed by atoms with van der Waals surface area (Å²) >= 11 is 0. The van der Waals surface area contributed by atoms with E-state index in [1.54, 1.807) is 0 Å². The fourth-order valence-electron chi connectivity index (χ4n) is 0.823. The third-order valence-electron chi connectivity index (χ3n) is 1.78. The van der Waals surface area contributed by atoms with Crippen LogP contribution in [-0.4, -0.2) is 67.8 Å². The molecule has 0 spiro atoms. The molecule has 0 bridgehead atoms. The van der Waals surface area contributed by atoms with Crippen molar-refractivity contribution in [3.63, 3.8) is 0 Å². The SMILES string of the molecule is CC(O)[C@H](O)[C@@H](O)[C@@H](O)[C@H](O)CO. The maximum absolute atomic E-state index is 9.13.